The molecule has 4 aromatic heterocycles. The van der Waals surface area contributed by atoms with Gasteiger partial charge >= 0.3 is 11.9 Å². The third-order valence-corrected chi connectivity index (χ3v) is 13.8. The molecule has 414 valence electrons. The first-order chi connectivity index (χ1) is 38.4. The van der Waals surface area contributed by atoms with Crippen LogP contribution in [0.2, 0.25) is 0 Å². The molecule has 0 unspecified atom stereocenters. The Kier molecular flexibility index (Phi) is 16.6. The Labute approximate surface area is 454 Å². The number of aliphatic hydroxyl groups excluding tert-OH is 4. The highest BCUT2D eigenvalue weighted by atomic mass is 16.6. The van der Waals surface area contributed by atoms with Crippen molar-refractivity contribution < 1.29 is 73.6 Å². The van der Waals surface area contributed by atoms with Crippen molar-refractivity contribution in [2.24, 2.45) is 5.73 Å². The number of benzene rings is 4. The molecule has 80 heavy (non-hydrogen) atoms. The molecule has 2 aliphatic heterocycles. The summed E-state index contributed by atoms with van der Waals surface area (Å²) in [6, 6.07) is 25.5. The first-order valence-electron chi connectivity index (χ1n) is 25.1. The van der Waals surface area contributed by atoms with Crippen LogP contribution in [0.4, 0.5) is 11.4 Å². The average Bonchev–Trinajstić information content (AvgIpc) is 4.26. The van der Waals surface area contributed by atoms with E-state index in [0.717, 1.165) is 11.1 Å². The monoisotopic (exact) mass is 1090 g/mol. The molecule has 1 amide bonds. The van der Waals surface area contributed by atoms with Gasteiger partial charge in [-0.3, -0.25) is 23.5 Å². The maximum absolute atomic E-state index is 12.8. The molecule has 0 aliphatic carbocycles. The predicted octanol–water partition coefficient (Wildman–Crippen LogP) is 3.86. The first kappa shape index (κ1) is 55.6. The summed E-state index contributed by atoms with van der Waals surface area (Å²) in [4.78, 5) is 77.8. The number of nitrogen functional groups attached to an aromatic ring is 2. The third kappa shape index (κ3) is 11.5. The number of ether oxygens (including phenoxy) is 4. The number of pyridine rings is 2. The molecule has 4 aromatic carbocycles. The molecule has 0 radical (unpaired) electrons. The van der Waals surface area contributed by atoms with E-state index in [-0.39, 0.29) is 71.8 Å². The lowest BCUT2D eigenvalue weighted by Crippen LogP contribution is -2.34. The first-order valence-corrected chi connectivity index (χ1v) is 25.1. The van der Waals surface area contributed by atoms with Crippen LogP contribution in [0.1, 0.15) is 93.8 Å². The molecule has 0 saturated carbocycles. The maximum atomic E-state index is 12.8. The molecule has 8 atom stereocenters. The number of anilines is 2. The minimum Gasteiger partial charge on any atom is -0.490 e. The number of carbonyl (C=O) groups is 5. The Hall–Kier alpha value is -9.17. The van der Waals surface area contributed by atoms with Gasteiger partial charge in [0.2, 0.25) is 0 Å². The fraction of sp³-hybridized carbons (Fsp3) is 0.268. The fourth-order valence-electron chi connectivity index (χ4n) is 9.56. The SMILES string of the molecule is Cc1ccc(CCC(=O)c2ccccc2C(=O)O)cc1OC[C@H]1O[C@@H](n2cnc3c(N)ccnc32)[C@H](O)[C@@H]1O.NC(=O)c1c(CCC(=O)c2ccccc2C(=O)O)cccc1OC[C@H]1O[C@@H](n2cnc3c(N)ccnc32)[C@H](O)[C@@H]1O. The lowest BCUT2D eigenvalue weighted by atomic mass is 9.96. The molecule has 2 saturated heterocycles. The second-order valence-corrected chi connectivity index (χ2v) is 19.0. The van der Waals surface area contributed by atoms with Crippen molar-refractivity contribution in [3.63, 3.8) is 0 Å². The smallest absolute Gasteiger partial charge is 0.336 e. The van der Waals surface area contributed by atoms with Gasteiger partial charge in [-0.1, -0.05) is 60.7 Å². The van der Waals surface area contributed by atoms with Crippen LogP contribution in [0.5, 0.6) is 11.5 Å². The van der Waals surface area contributed by atoms with E-state index in [9.17, 15) is 54.6 Å². The number of carbonyl (C=O) groups excluding carboxylic acids is 3. The van der Waals surface area contributed by atoms with Crippen LogP contribution in [0.25, 0.3) is 22.3 Å². The van der Waals surface area contributed by atoms with Crippen LogP contribution in [0.15, 0.2) is 122 Å². The maximum Gasteiger partial charge on any atom is 0.336 e. The molecular formula is C56H55N9O15. The highest BCUT2D eigenvalue weighted by Crippen LogP contribution is 2.35. The summed E-state index contributed by atoms with van der Waals surface area (Å²) in [7, 11) is 0. The van der Waals surface area contributed by atoms with Crippen LogP contribution in [0.3, 0.4) is 0 Å². The number of nitrogens with zero attached hydrogens (tertiary/aromatic N) is 6. The third-order valence-electron chi connectivity index (χ3n) is 13.8. The van der Waals surface area contributed by atoms with Gasteiger partial charge in [-0.25, -0.2) is 29.5 Å². The van der Waals surface area contributed by atoms with E-state index in [1.54, 1.807) is 48.5 Å². The summed E-state index contributed by atoms with van der Waals surface area (Å²) in [5.74, 6) is -3.18. The number of amides is 1. The molecular weight excluding hydrogens is 1040 g/mol. The van der Waals surface area contributed by atoms with Crippen LogP contribution in [-0.4, -0.2) is 139 Å². The number of aromatic carboxylic acids is 2. The molecule has 8 aromatic rings. The van der Waals surface area contributed by atoms with Gasteiger partial charge in [0, 0.05) is 36.4 Å². The van der Waals surface area contributed by atoms with E-state index < -0.39 is 72.7 Å². The number of aryl methyl sites for hydroxylation is 3. The largest absolute Gasteiger partial charge is 0.490 e. The van der Waals surface area contributed by atoms with Gasteiger partial charge in [-0.15, -0.1) is 0 Å². The van der Waals surface area contributed by atoms with Gasteiger partial charge in [-0.2, -0.15) is 0 Å². The summed E-state index contributed by atoms with van der Waals surface area (Å²) < 4.78 is 26.7. The number of aliphatic hydroxyl groups is 4. The van der Waals surface area contributed by atoms with Gasteiger partial charge in [0.15, 0.2) is 35.3 Å². The molecule has 0 bridgehead atoms. The van der Waals surface area contributed by atoms with Crippen molar-refractivity contribution in [2.75, 3.05) is 24.7 Å². The quantitative estimate of drug-likeness (QED) is 0.0519. The molecule has 0 spiro atoms. The number of imidazole rings is 2. The van der Waals surface area contributed by atoms with Crippen LogP contribution in [-0.2, 0) is 22.3 Å². The normalized spacial score (nSPS) is 20.5. The van der Waals surface area contributed by atoms with Crippen LogP contribution >= 0.6 is 0 Å². The highest BCUT2D eigenvalue weighted by Gasteiger charge is 2.46. The average molecular weight is 1090 g/mol. The topological polar surface area (TPSA) is 383 Å². The number of ketones is 2. The van der Waals surface area contributed by atoms with Gasteiger partial charge in [0.25, 0.3) is 5.91 Å². The van der Waals surface area contributed by atoms with E-state index >= 15 is 0 Å². The number of carboxylic acids is 2. The number of nitrogens with two attached hydrogens (primary N) is 3. The molecule has 24 nitrogen and oxygen atoms in total. The lowest BCUT2D eigenvalue weighted by molar-refractivity contribution is -0.0475. The minimum absolute atomic E-state index is 0.0195. The van der Waals surface area contributed by atoms with Crippen LogP contribution in [0, 0.1) is 6.92 Å². The van der Waals surface area contributed by atoms with Crippen molar-refractivity contribution in [1.29, 1.82) is 0 Å². The van der Waals surface area contributed by atoms with Crippen LogP contribution < -0.4 is 26.7 Å². The van der Waals surface area contributed by atoms with Crippen molar-refractivity contribution in [2.45, 2.75) is 81.7 Å². The fourth-order valence-corrected chi connectivity index (χ4v) is 9.56. The van der Waals surface area contributed by atoms with Crippen molar-refractivity contribution in [3.8, 4) is 11.5 Å². The summed E-state index contributed by atoms with van der Waals surface area (Å²) in [6.45, 7) is 1.59. The molecule has 2 fully saturated rings. The molecule has 2 aliphatic rings. The number of carboxylic acid groups (broad SMARTS) is 2. The van der Waals surface area contributed by atoms with E-state index in [0.29, 0.717) is 51.4 Å². The molecule has 24 heteroatoms. The van der Waals surface area contributed by atoms with Gasteiger partial charge < -0.3 is 66.8 Å². The van der Waals surface area contributed by atoms with Crippen molar-refractivity contribution in [3.05, 3.63) is 167 Å². The summed E-state index contributed by atoms with van der Waals surface area (Å²) in [6.07, 6.45) is -2.52. The molecule has 10 rings (SSSR count). The number of rotatable bonds is 19. The molecule has 6 heterocycles. The van der Waals surface area contributed by atoms with Gasteiger partial charge in [-0.05, 0) is 72.9 Å². The van der Waals surface area contributed by atoms with E-state index in [1.807, 2.05) is 19.1 Å². The van der Waals surface area contributed by atoms with E-state index in [1.165, 1.54) is 70.6 Å². The number of aromatic nitrogens is 6. The second-order valence-electron chi connectivity index (χ2n) is 19.0. The van der Waals surface area contributed by atoms with Gasteiger partial charge in [0.1, 0.15) is 72.4 Å². The zero-order valence-electron chi connectivity index (χ0n) is 42.7. The number of hydrogen-bond donors (Lipinski definition) is 9. The number of Topliss-reactive ketones (excluding diaryl/α,β-unsaturated/α-hetero) is 2. The Morgan fingerprint density at radius 1 is 0.575 bits per heavy atom. The predicted molar refractivity (Wildman–Crippen MR) is 285 cm³/mol. The summed E-state index contributed by atoms with van der Waals surface area (Å²) in [5, 5.41) is 61.5. The second kappa shape index (κ2) is 23.8. The highest BCUT2D eigenvalue weighted by molar-refractivity contribution is 6.07. The van der Waals surface area contributed by atoms with Crippen molar-refractivity contribution in [1.82, 2.24) is 29.1 Å². The number of fused-ring (bicyclic) bond motifs is 2. The Bertz CT molecular complexity index is 3640. The van der Waals surface area contributed by atoms with E-state index in [2.05, 4.69) is 19.9 Å². The zero-order valence-corrected chi connectivity index (χ0v) is 42.7. The molecule has 12 N–H and O–H groups in total. The Morgan fingerprint density at radius 3 is 1.54 bits per heavy atom. The Balaban J connectivity index is 0.000000194. The lowest BCUT2D eigenvalue weighted by Gasteiger charge is -2.18. The summed E-state index contributed by atoms with van der Waals surface area (Å²) in [5.41, 5.74) is 22.3. The zero-order chi connectivity index (χ0) is 56.9. The number of hydrogen-bond acceptors (Lipinski definition) is 19. The Morgan fingerprint density at radius 2 is 1.05 bits per heavy atom. The number of primary amides is 1. The van der Waals surface area contributed by atoms with Crippen molar-refractivity contribution >= 4 is 63.1 Å². The summed E-state index contributed by atoms with van der Waals surface area (Å²) >= 11 is 0. The standard InChI is InChI=1S/C28H27N5O8.C28H28N4O7/c29-17-10-11-31-26-22(17)32-13-33(26)27-24(36)23(35)20(41-27)12-40-19-7-3-4-14(21(19)25(30)37)8-9-18(34)15-5-1-2-6-16(15)28(38)39;1-15-6-7-16(8-9-20(33)17-4-2-3-5-18(17)28(36)37)12-21(15)38-13-22-24(34)25(35)27(39-22)32-14-31-23-19(29)10-11-30-26(23)32/h1-7,10-11,13,20,23-24,27,35-36H,8-9,12H2,(H2,29,31)(H2,30,37)(H,38,39);2-7,10-12,14,22,24-25,27,34-35H,8-9,13H2,1H3,(H2,29,30)(H,36,37)/t20-,23-,24-,27-;22-,24-,25-,27-/m11/s1. The van der Waals surface area contributed by atoms with E-state index in [4.69, 9.17) is 36.1 Å². The minimum atomic E-state index is -1.34. The van der Waals surface area contributed by atoms with Gasteiger partial charge in [0.05, 0.1) is 40.7 Å².